The Labute approximate surface area is 166 Å². The van der Waals surface area contributed by atoms with E-state index in [1.54, 1.807) is 0 Å². The molecule has 0 aliphatic carbocycles. The standard InChI is InChI=1S/C25H36N2/c1-24(2,3)21-14-12-20(13-15-21)23(19-10-8-7-9-11-19)27-17-16-26-22(18-27)25(4,5)6/h7-15,22-23,26H,16-18H2,1-6H3/t22-,23?/m1/s1. The first kappa shape index (κ1) is 20.1. The van der Waals surface area contributed by atoms with E-state index in [9.17, 15) is 0 Å². The van der Waals surface area contributed by atoms with E-state index in [1.165, 1.54) is 16.7 Å². The van der Waals surface area contributed by atoms with Gasteiger partial charge in [0.15, 0.2) is 0 Å². The van der Waals surface area contributed by atoms with Crippen LogP contribution in [0.15, 0.2) is 54.6 Å². The van der Waals surface area contributed by atoms with Gasteiger partial charge in [0, 0.05) is 25.7 Å². The lowest BCUT2D eigenvalue weighted by atomic mass is 9.83. The van der Waals surface area contributed by atoms with Gasteiger partial charge >= 0.3 is 0 Å². The van der Waals surface area contributed by atoms with Gasteiger partial charge in [-0.05, 0) is 27.5 Å². The SMILES string of the molecule is CC(C)(C)c1ccc(C(c2ccccc2)N2CCN[C@@H](C(C)(C)C)C2)cc1. The predicted octanol–water partition coefficient (Wildman–Crippen LogP) is 5.39. The highest BCUT2D eigenvalue weighted by molar-refractivity contribution is 5.35. The Hall–Kier alpha value is -1.64. The monoisotopic (exact) mass is 364 g/mol. The molecule has 1 fully saturated rings. The summed E-state index contributed by atoms with van der Waals surface area (Å²) in [5.41, 5.74) is 4.62. The fraction of sp³-hybridized carbons (Fsp3) is 0.520. The molecule has 0 amide bonds. The van der Waals surface area contributed by atoms with Crippen LogP contribution < -0.4 is 5.32 Å². The van der Waals surface area contributed by atoms with Gasteiger partial charge in [-0.1, -0.05) is 96.1 Å². The highest BCUT2D eigenvalue weighted by Crippen LogP contribution is 2.33. The van der Waals surface area contributed by atoms with E-state index in [0.717, 1.165) is 19.6 Å². The van der Waals surface area contributed by atoms with Gasteiger partial charge in [0.2, 0.25) is 0 Å². The molecule has 0 radical (unpaired) electrons. The van der Waals surface area contributed by atoms with Gasteiger partial charge in [0.25, 0.3) is 0 Å². The Morgan fingerprint density at radius 2 is 1.44 bits per heavy atom. The van der Waals surface area contributed by atoms with Crippen molar-refractivity contribution in [3.05, 3.63) is 71.3 Å². The zero-order valence-electron chi connectivity index (χ0n) is 17.9. The molecule has 0 bridgehead atoms. The molecule has 2 heteroatoms. The van der Waals surface area contributed by atoms with Crippen molar-refractivity contribution in [1.29, 1.82) is 0 Å². The summed E-state index contributed by atoms with van der Waals surface area (Å²) in [6.45, 7) is 17.0. The van der Waals surface area contributed by atoms with Gasteiger partial charge in [-0.15, -0.1) is 0 Å². The average molecular weight is 365 g/mol. The molecule has 27 heavy (non-hydrogen) atoms. The first-order valence-electron chi connectivity index (χ1n) is 10.3. The number of rotatable bonds is 3. The highest BCUT2D eigenvalue weighted by atomic mass is 15.2. The van der Waals surface area contributed by atoms with Crippen LogP contribution in [0.5, 0.6) is 0 Å². The summed E-state index contributed by atoms with van der Waals surface area (Å²) in [4.78, 5) is 2.66. The van der Waals surface area contributed by atoms with Crippen LogP contribution >= 0.6 is 0 Å². The molecule has 2 nitrogen and oxygen atoms in total. The molecule has 1 aliphatic rings. The molecule has 3 rings (SSSR count). The third kappa shape index (κ3) is 4.80. The Bertz CT molecular complexity index is 720. The average Bonchev–Trinajstić information content (AvgIpc) is 2.62. The molecule has 1 heterocycles. The Kier molecular flexibility index (Phi) is 5.79. The van der Waals surface area contributed by atoms with Gasteiger partial charge in [0.1, 0.15) is 0 Å². The maximum absolute atomic E-state index is 3.73. The maximum atomic E-state index is 3.73. The lowest BCUT2D eigenvalue weighted by Gasteiger charge is -2.44. The van der Waals surface area contributed by atoms with Crippen LogP contribution in [0, 0.1) is 5.41 Å². The van der Waals surface area contributed by atoms with E-state index in [0.29, 0.717) is 12.1 Å². The number of piperazine rings is 1. The van der Waals surface area contributed by atoms with Crippen LogP contribution in [0.25, 0.3) is 0 Å². The molecule has 2 atom stereocenters. The van der Waals surface area contributed by atoms with Crippen molar-refractivity contribution in [3.63, 3.8) is 0 Å². The molecule has 1 N–H and O–H groups in total. The van der Waals surface area contributed by atoms with Crippen LogP contribution in [0.1, 0.15) is 64.3 Å². The second-order valence-electron chi connectivity index (χ2n) is 10.1. The number of nitrogens with zero attached hydrogens (tertiary/aromatic N) is 1. The Morgan fingerprint density at radius 1 is 0.852 bits per heavy atom. The van der Waals surface area contributed by atoms with Gasteiger partial charge in [-0.25, -0.2) is 0 Å². The van der Waals surface area contributed by atoms with Crippen LogP contribution in [-0.4, -0.2) is 30.6 Å². The minimum absolute atomic E-state index is 0.188. The summed E-state index contributed by atoms with van der Waals surface area (Å²) in [7, 11) is 0. The number of hydrogen-bond donors (Lipinski definition) is 1. The van der Waals surface area contributed by atoms with Crippen molar-refractivity contribution >= 4 is 0 Å². The summed E-state index contributed by atoms with van der Waals surface area (Å²) in [6.07, 6.45) is 0. The number of benzene rings is 2. The molecule has 2 aromatic carbocycles. The highest BCUT2D eigenvalue weighted by Gasteiger charge is 2.33. The zero-order valence-corrected chi connectivity index (χ0v) is 17.9. The van der Waals surface area contributed by atoms with Gasteiger partial charge in [-0.2, -0.15) is 0 Å². The molecular weight excluding hydrogens is 328 g/mol. The van der Waals surface area contributed by atoms with Crippen LogP contribution in [-0.2, 0) is 5.41 Å². The van der Waals surface area contributed by atoms with Gasteiger partial charge < -0.3 is 5.32 Å². The number of hydrogen-bond acceptors (Lipinski definition) is 2. The second kappa shape index (κ2) is 7.77. The summed E-state index contributed by atoms with van der Waals surface area (Å²) in [6, 6.07) is 21.1. The van der Waals surface area contributed by atoms with Crippen molar-refractivity contribution in [2.24, 2.45) is 5.41 Å². The first-order chi connectivity index (χ1) is 12.7. The summed E-state index contributed by atoms with van der Waals surface area (Å²) < 4.78 is 0. The van der Waals surface area contributed by atoms with Crippen LogP contribution in [0.3, 0.4) is 0 Å². The van der Waals surface area contributed by atoms with E-state index in [-0.39, 0.29) is 10.8 Å². The molecule has 0 spiro atoms. The van der Waals surface area contributed by atoms with Crippen molar-refractivity contribution < 1.29 is 0 Å². The lowest BCUT2D eigenvalue weighted by Crippen LogP contribution is -2.56. The molecule has 1 saturated heterocycles. The third-order valence-electron chi connectivity index (χ3n) is 5.83. The molecular formula is C25H36N2. The zero-order chi connectivity index (χ0) is 19.7. The summed E-state index contributed by atoms with van der Waals surface area (Å²) in [5.74, 6) is 0. The van der Waals surface area contributed by atoms with Crippen molar-refractivity contribution in [1.82, 2.24) is 10.2 Å². The fourth-order valence-electron chi connectivity index (χ4n) is 4.00. The third-order valence-corrected chi connectivity index (χ3v) is 5.83. The minimum atomic E-state index is 0.188. The van der Waals surface area contributed by atoms with E-state index < -0.39 is 0 Å². The van der Waals surface area contributed by atoms with Crippen LogP contribution in [0.4, 0.5) is 0 Å². The maximum Gasteiger partial charge on any atom is 0.0602 e. The van der Waals surface area contributed by atoms with Crippen molar-refractivity contribution in [2.75, 3.05) is 19.6 Å². The van der Waals surface area contributed by atoms with Gasteiger partial charge in [0.05, 0.1) is 6.04 Å². The summed E-state index contributed by atoms with van der Waals surface area (Å²) in [5, 5.41) is 3.73. The van der Waals surface area contributed by atoms with Crippen LogP contribution in [0.2, 0.25) is 0 Å². The van der Waals surface area contributed by atoms with Gasteiger partial charge in [-0.3, -0.25) is 4.90 Å². The molecule has 146 valence electrons. The van der Waals surface area contributed by atoms with E-state index >= 15 is 0 Å². The topological polar surface area (TPSA) is 15.3 Å². The largest absolute Gasteiger partial charge is 0.311 e. The summed E-state index contributed by atoms with van der Waals surface area (Å²) >= 11 is 0. The van der Waals surface area contributed by atoms with E-state index in [4.69, 9.17) is 0 Å². The van der Waals surface area contributed by atoms with E-state index in [2.05, 4.69) is 106 Å². The minimum Gasteiger partial charge on any atom is -0.311 e. The van der Waals surface area contributed by atoms with E-state index in [1.807, 2.05) is 0 Å². The first-order valence-corrected chi connectivity index (χ1v) is 10.3. The van der Waals surface area contributed by atoms with Crippen molar-refractivity contribution in [2.45, 2.75) is 59.0 Å². The second-order valence-corrected chi connectivity index (χ2v) is 10.1. The molecule has 1 unspecified atom stereocenters. The predicted molar refractivity (Wildman–Crippen MR) is 116 cm³/mol. The molecule has 2 aromatic rings. The Balaban J connectivity index is 1.95. The molecule has 0 aromatic heterocycles. The Morgan fingerprint density at radius 3 is 2.00 bits per heavy atom. The normalized spacial score (nSPS) is 20.4. The molecule has 0 saturated carbocycles. The lowest BCUT2D eigenvalue weighted by molar-refractivity contribution is 0.111. The number of nitrogens with one attached hydrogen (secondary N) is 1. The van der Waals surface area contributed by atoms with Crippen molar-refractivity contribution in [3.8, 4) is 0 Å². The fourth-order valence-corrected chi connectivity index (χ4v) is 4.00. The smallest absolute Gasteiger partial charge is 0.0602 e. The molecule has 1 aliphatic heterocycles. The quantitative estimate of drug-likeness (QED) is 0.785.